The molecule has 1 spiro atoms. The molecule has 3 heterocycles. The number of thioether (sulfide) groups is 1. The van der Waals surface area contributed by atoms with Gasteiger partial charge >= 0.3 is 5.97 Å². The number of aromatic nitrogens is 3. The van der Waals surface area contributed by atoms with Crippen molar-refractivity contribution in [1.82, 2.24) is 14.8 Å². The Kier molecular flexibility index (Phi) is 3.98. The van der Waals surface area contributed by atoms with Crippen molar-refractivity contribution in [3.63, 3.8) is 0 Å². The molecule has 2 saturated heterocycles. The van der Waals surface area contributed by atoms with E-state index in [0.717, 1.165) is 43.8 Å². The molecule has 0 radical (unpaired) electrons. The number of methoxy groups -OCH3 is 1. The fourth-order valence-corrected chi connectivity index (χ4v) is 4.19. The first-order chi connectivity index (χ1) is 9.72. The molecule has 0 aliphatic carbocycles. The summed E-state index contributed by atoms with van der Waals surface area (Å²) < 4.78 is 12.5. The number of ether oxygens (including phenoxy) is 2. The zero-order valence-corrected chi connectivity index (χ0v) is 12.4. The highest BCUT2D eigenvalue weighted by Gasteiger charge is 2.39. The minimum atomic E-state index is -0.486. The lowest BCUT2D eigenvalue weighted by Gasteiger charge is -2.43. The van der Waals surface area contributed by atoms with E-state index in [-0.39, 0.29) is 17.5 Å². The second kappa shape index (κ2) is 5.73. The smallest absolute Gasteiger partial charge is 0.377 e. The Morgan fingerprint density at radius 1 is 1.55 bits per heavy atom. The van der Waals surface area contributed by atoms with Crippen LogP contribution in [0.4, 0.5) is 0 Å². The Morgan fingerprint density at radius 2 is 2.35 bits per heavy atom. The molecule has 3 rings (SSSR count). The van der Waals surface area contributed by atoms with E-state index in [1.807, 2.05) is 11.8 Å². The molecule has 0 saturated carbocycles. The largest absolute Gasteiger partial charge is 0.463 e. The number of esters is 1. The summed E-state index contributed by atoms with van der Waals surface area (Å²) in [6.45, 7) is 0.753. The Bertz CT molecular complexity index is 479. The fraction of sp³-hybridized carbons (Fsp3) is 0.769. The van der Waals surface area contributed by atoms with E-state index in [1.54, 1.807) is 11.0 Å². The molecule has 0 aromatic carbocycles. The summed E-state index contributed by atoms with van der Waals surface area (Å²) in [5.74, 6) is 1.97. The molecule has 2 aliphatic rings. The zero-order chi connectivity index (χ0) is 14.0. The second-order valence-electron chi connectivity index (χ2n) is 5.33. The third-order valence-corrected chi connectivity index (χ3v) is 5.11. The van der Waals surface area contributed by atoms with Gasteiger partial charge in [0.05, 0.1) is 18.8 Å². The predicted octanol–water partition coefficient (Wildman–Crippen LogP) is 1.68. The average Bonchev–Trinajstić information content (AvgIpc) is 2.97. The minimum Gasteiger partial charge on any atom is -0.463 e. The van der Waals surface area contributed by atoms with Crippen LogP contribution in [0, 0.1) is 0 Å². The van der Waals surface area contributed by atoms with Crippen LogP contribution in [0.3, 0.4) is 0 Å². The second-order valence-corrected chi connectivity index (χ2v) is 6.55. The molecule has 1 aromatic rings. The number of rotatable bonds is 2. The molecule has 0 amide bonds. The molecule has 6 nitrogen and oxygen atoms in total. The van der Waals surface area contributed by atoms with Crippen LogP contribution in [0.1, 0.15) is 42.3 Å². The third-order valence-electron chi connectivity index (χ3n) is 4.12. The Hall–Kier alpha value is -1.08. The number of carbonyl (C=O) groups is 1. The van der Waals surface area contributed by atoms with Gasteiger partial charge in [0.1, 0.15) is 6.33 Å². The highest BCUT2D eigenvalue weighted by molar-refractivity contribution is 7.99. The predicted molar refractivity (Wildman–Crippen MR) is 74.9 cm³/mol. The normalized spacial score (nSPS) is 25.6. The number of hydrogen-bond acceptors (Lipinski definition) is 6. The molecular formula is C13H19N3O3S. The van der Waals surface area contributed by atoms with Gasteiger partial charge in [0.25, 0.3) is 5.82 Å². The number of hydrogen-bond donors (Lipinski definition) is 0. The first-order valence-corrected chi connectivity index (χ1v) is 8.09. The molecule has 0 N–H and O–H groups in total. The number of nitrogens with zero attached hydrogens (tertiary/aromatic N) is 3. The van der Waals surface area contributed by atoms with Crippen molar-refractivity contribution in [2.24, 2.45) is 0 Å². The van der Waals surface area contributed by atoms with E-state index in [4.69, 9.17) is 4.74 Å². The van der Waals surface area contributed by atoms with E-state index in [0.29, 0.717) is 0 Å². The average molecular weight is 297 g/mol. The number of carbonyl (C=O) groups excluding carboxylic acids is 1. The summed E-state index contributed by atoms with van der Waals surface area (Å²) >= 11 is 1.99. The lowest BCUT2D eigenvalue weighted by Crippen LogP contribution is -2.43. The van der Waals surface area contributed by atoms with Gasteiger partial charge in [0.15, 0.2) is 0 Å². The molecule has 0 bridgehead atoms. The van der Waals surface area contributed by atoms with Crippen molar-refractivity contribution in [1.29, 1.82) is 0 Å². The van der Waals surface area contributed by atoms with Crippen molar-refractivity contribution in [3.05, 3.63) is 12.2 Å². The van der Waals surface area contributed by atoms with Gasteiger partial charge in [-0.15, -0.1) is 5.10 Å². The first kappa shape index (κ1) is 13.9. The van der Waals surface area contributed by atoms with Crippen molar-refractivity contribution in [2.75, 3.05) is 25.2 Å². The molecule has 20 heavy (non-hydrogen) atoms. The van der Waals surface area contributed by atoms with Crippen LogP contribution in [-0.4, -0.2) is 51.6 Å². The van der Waals surface area contributed by atoms with Crippen LogP contribution in [0.2, 0.25) is 0 Å². The highest BCUT2D eigenvalue weighted by Crippen LogP contribution is 2.41. The summed E-state index contributed by atoms with van der Waals surface area (Å²) in [7, 11) is 1.34. The molecule has 1 aromatic heterocycles. The van der Waals surface area contributed by atoms with Crippen LogP contribution < -0.4 is 0 Å². The van der Waals surface area contributed by atoms with Crippen LogP contribution in [-0.2, 0) is 9.47 Å². The zero-order valence-electron chi connectivity index (χ0n) is 11.6. The standard InChI is InChI=1S/C13H19N3O3S/c1-18-12(17)11-14-9-16(15-11)10-2-5-19-13(8-10)3-6-20-7-4-13/h9-10H,2-8H2,1H3. The molecule has 7 heteroatoms. The Labute approximate surface area is 122 Å². The quantitative estimate of drug-likeness (QED) is 0.774. The van der Waals surface area contributed by atoms with E-state index in [2.05, 4.69) is 14.8 Å². The van der Waals surface area contributed by atoms with Gasteiger partial charge in [-0.1, -0.05) is 0 Å². The summed E-state index contributed by atoms with van der Waals surface area (Å²) in [5.41, 5.74) is 0.00550. The van der Waals surface area contributed by atoms with Crippen LogP contribution in [0.5, 0.6) is 0 Å². The van der Waals surface area contributed by atoms with Crippen LogP contribution >= 0.6 is 11.8 Å². The van der Waals surface area contributed by atoms with Gasteiger partial charge in [-0.3, -0.25) is 0 Å². The molecule has 1 atom stereocenters. The first-order valence-electron chi connectivity index (χ1n) is 6.94. The lowest BCUT2D eigenvalue weighted by molar-refractivity contribution is -0.100. The maximum absolute atomic E-state index is 11.4. The SMILES string of the molecule is COC(=O)c1ncn(C2CCOC3(CCSCC3)C2)n1. The van der Waals surface area contributed by atoms with E-state index >= 15 is 0 Å². The lowest BCUT2D eigenvalue weighted by atomic mass is 9.85. The van der Waals surface area contributed by atoms with Crippen LogP contribution in [0.25, 0.3) is 0 Å². The highest BCUT2D eigenvalue weighted by atomic mass is 32.2. The van der Waals surface area contributed by atoms with E-state index in [1.165, 1.54) is 7.11 Å². The maximum Gasteiger partial charge on any atom is 0.377 e. The van der Waals surface area contributed by atoms with E-state index in [9.17, 15) is 4.79 Å². The van der Waals surface area contributed by atoms with Crippen LogP contribution in [0.15, 0.2) is 6.33 Å². The summed E-state index contributed by atoms with van der Waals surface area (Å²) in [5, 5.41) is 4.25. The molecule has 2 fully saturated rings. The molecule has 2 aliphatic heterocycles. The third kappa shape index (κ3) is 2.69. The molecule has 1 unspecified atom stereocenters. The summed E-state index contributed by atoms with van der Waals surface area (Å²) in [6, 6.07) is 0.262. The molecule has 110 valence electrons. The van der Waals surface area contributed by atoms with Gasteiger partial charge < -0.3 is 9.47 Å². The summed E-state index contributed by atoms with van der Waals surface area (Å²) in [6.07, 6.45) is 5.71. The topological polar surface area (TPSA) is 66.2 Å². The van der Waals surface area contributed by atoms with Crippen molar-refractivity contribution in [2.45, 2.75) is 37.3 Å². The fourth-order valence-electron chi connectivity index (χ4n) is 2.96. The van der Waals surface area contributed by atoms with Gasteiger partial charge in [0.2, 0.25) is 0 Å². The van der Waals surface area contributed by atoms with Gasteiger partial charge in [-0.2, -0.15) is 11.8 Å². The summed E-state index contributed by atoms with van der Waals surface area (Å²) in [4.78, 5) is 15.4. The maximum atomic E-state index is 11.4. The molecular weight excluding hydrogens is 278 g/mol. The van der Waals surface area contributed by atoms with Gasteiger partial charge in [-0.25, -0.2) is 14.5 Å². The Morgan fingerprint density at radius 3 is 3.10 bits per heavy atom. The Balaban J connectivity index is 1.73. The van der Waals surface area contributed by atoms with Crippen molar-refractivity contribution in [3.8, 4) is 0 Å². The van der Waals surface area contributed by atoms with Crippen molar-refractivity contribution >= 4 is 17.7 Å². The van der Waals surface area contributed by atoms with E-state index < -0.39 is 5.97 Å². The monoisotopic (exact) mass is 297 g/mol. The van der Waals surface area contributed by atoms with Gasteiger partial charge in [0, 0.05) is 6.61 Å². The minimum absolute atomic E-state index is 0.00550. The van der Waals surface area contributed by atoms with Crippen molar-refractivity contribution < 1.29 is 14.3 Å². The van der Waals surface area contributed by atoms with Gasteiger partial charge in [-0.05, 0) is 37.2 Å².